The van der Waals surface area contributed by atoms with Crippen molar-refractivity contribution in [3.8, 4) is 0 Å². The first-order valence-corrected chi connectivity index (χ1v) is 8.75. The molecule has 1 aromatic carbocycles. The van der Waals surface area contributed by atoms with Crippen LogP contribution in [0.15, 0.2) is 24.3 Å². The van der Waals surface area contributed by atoms with Crippen LogP contribution < -0.4 is 0 Å². The van der Waals surface area contributed by atoms with Gasteiger partial charge in [0.15, 0.2) is 0 Å². The van der Waals surface area contributed by atoms with Gasteiger partial charge in [0.1, 0.15) is 5.82 Å². The van der Waals surface area contributed by atoms with Gasteiger partial charge in [-0.2, -0.15) is 13.2 Å². The zero-order valence-corrected chi connectivity index (χ0v) is 14.5. The van der Waals surface area contributed by atoms with Gasteiger partial charge in [-0.15, -0.1) is 0 Å². The highest BCUT2D eigenvalue weighted by Gasteiger charge is 2.46. The summed E-state index contributed by atoms with van der Waals surface area (Å²) in [6.45, 7) is -0.401. The Morgan fingerprint density at radius 2 is 1.93 bits per heavy atom. The van der Waals surface area contributed by atoms with E-state index in [1.165, 1.54) is 17.0 Å². The number of hydrogen-bond acceptors (Lipinski definition) is 4. The molecule has 1 spiro atoms. The molecule has 1 aromatic rings. The quantitative estimate of drug-likeness (QED) is 0.804. The number of carbonyl (C=O) groups is 1. The van der Waals surface area contributed by atoms with E-state index in [0.717, 1.165) is 5.56 Å². The van der Waals surface area contributed by atoms with Gasteiger partial charge in [0, 0.05) is 19.0 Å². The fourth-order valence-electron chi connectivity index (χ4n) is 3.64. The summed E-state index contributed by atoms with van der Waals surface area (Å²) < 4.78 is 61.3. The Hall–Kier alpha value is -1.87. The molecule has 2 aliphatic heterocycles. The van der Waals surface area contributed by atoms with Crippen LogP contribution in [0.25, 0.3) is 0 Å². The normalized spacial score (nSPS) is 23.4. The molecule has 150 valence electrons. The lowest BCUT2D eigenvalue weighted by Crippen LogP contribution is -2.48. The number of benzene rings is 1. The summed E-state index contributed by atoms with van der Waals surface area (Å²) in [5, 5.41) is 8.77. The molecule has 2 saturated heterocycles. The zero-order chi connectivity index (χ0) is 19.7. The third kappa shape index (κ3) is 4.52. The molecule has 27 heavy (non-hydrogen) atoms. The summed E-state index contributed by atoms with van der Waals surface area (Å²) in [5.41, 5.74) is 0.544. The van der Waals surface area contributed by atoms with Crippen LogP contribution in [0.3, 0.4) is 0 Å². The maximum Gasteiger partial charge on any atom is 0.427 e. The van der Waals surface area contributed by atoms with Crippen molar-refractivity contribution in [2.45, 2.75) is 43.1 Å². The SMILES string of the molecule is O=C(O[C@H](CO)C(F)(F)F)N1CCC2(CC1)CC(c1ccc(F)cc1)CO2. The van der Waals surface area contributed by atoms with E-state index in [4.69, 9.17) is 9.84 Å². The van der Waals surface area contributed by atoms with Gasteiger partial charge in [0.25, 0.3) is 0 Å². The average Bonchev–Trinajstić information content (AvgIpc) is 3.03. The molecule has 1 N–H and O–H groups in total. The second-order valence-electron chi connectivity index (χ2n) is 7.03. The van der Waals surface area contributed by atoms with Crippen molar-refractivity contribution in [2.24, 2.45) is 0 Å². The minimum Gasteiger partial charge on any atom is -0.434 e. The predicted molar refractivity (Wildman–Crippen MR) is 86.7 cm³/mol. The smallest absolute Gasteiger partial charge is 0.427 e. The standard InChI is InChI=1S/C18H21F4NO4/c19-14-3-1-12(2-4-14)13-9-17(26-11-13)5-7-23(8-6-17)16(25)27-15(10-24)18(20,21)22/h1-4,13,15,24H,5-11H2/t13?,15-/m1/s1. The van der Waals surface area contributed by atoms with E-state index in [2.05, 4.69) is 4.74 Å². The van der Waals surface area contributed by atoms with Crippen LogP contribution in [0.1, 0.15) is 30.7 Å². The van der Waals surface area contributed by atoms with Crippen LogP contribution in [0.5, 0.6) is 0 Å². The molecule has 5 nitrogen and oxygen atoms in total. The maximum absolute atomic E-state index is 13.1. The number of aliphatic hydroxyl groups excluding tert-OH is 1. The van der Waals surface area contributed by atoms with Gasteiger partial charge in [-0.05, 0) is 37.0 Å². The molecule has 0 bridgehead atoms. The number of likely N-dealkylation sites (tertiary alicyclic amines) is 1. The monoisotopic (exact) mass is 391 g/mol. The van der Waals surface area contributed by atoms with Crippen LogP contribution >= 0.6 is 0 Å². The van der Waals surface area contributed by atoms with Crippen LogP contribution in [0.4, 0.5) is 22.4 Å². The van der Waals surface area contributed by atoms with Gasteiger partial charge < -0.3 is 19.5 Å². The molecule has 2 fully saturated rings. The molecule has 1 amide bonds. The molecule has 3 rings (SSSR count). The minimum absolute atomic E-state index is 0.119. The van der Waals surface area contributed by atoms with E-state index >= 15 is 0 Å². The molecule has 0 aliphatic carbocycles. The van der Waals surface area contributed by atoms with Crippen LogP contribution in [-0.4, -0.2) is 60.3 Å². The molecule has 2 atom stereocenters. The number of alkyl halides is 3. The van der Waals surface area contributed by atoms with Crippen molar-refractivity contribution < 1.29 is 36.9 Å². The summed E-state index contributed by atoms with van der Waals surface area (Å²) in [7, 11) is 0. The van der Waals surface area contributed by atoms with E-state index in [1.54, 1.807) is 12.1 Å². The highest BCUT2D eigenvalue weighted by Crippen LogP contribution is 2.42. The van der Waals surface area contributed by atoms with Crippen molar-refractivity contribution >= 4 is 6.09 Å². The average molecular weight is 391 g/mol. The Bertz CT molecular complexity index is 656. The summed E-state index contributed by atoms with van der Waals surface area (Å²) >= 11 is 0. The first-order chi connectivity index (χ1) is 12.7. The topological polar surface area (TPSA) is 59.0 Å². The Morgan fingerprint density at radius 3 is 2.48 bits per heavy atom. The van der Waals surface area contributed by atoms with Crippen LogP contribution in [0, 0.1) is 5.82 Å². The van der Waals surface area contributed by atoms with Gasteiger partial charge in [-0.1, -0.05) is 12.1 Å². The van der Waals surface area contributed by atoms with Gasteiger partial charge in [0.2, 0.25) is 6.10 Å². The number of rotatable bonds is 3. The molecule has 1 unspecified atom stereocenters. The van der Waals surface area contributed by atoms with E-state index in [1.807, 2.05) is 0 Å². The lowest BCUT2D eigenvalue weighted by atomic mass is 9.83. The number of hydrogen-bond donors (Lipinski definition) is 1. The van der Waals surface area contributed by atoms with Crippen molar-refractivity contribution in [1.29, 1.82) is 0 Å². The molecule has 0 saturated carbocycles. The largest absolute Gasteiger partial charge is 0.434 e. The van der Waals surface area contributed by atoms with Gasteiger partial charge in [-0.25, -0.2) is 9.18 Å². The fraction of sp³-hybridized carbons (Fsp3) is 0.611. The highest BCUT2D eigenvalue weighted by molar-refractivity contribution is 5.68. The number of nitrogens with zero attached hydrogens (tertiary/aromatic N) is 1. The van der Waals surface area contributed by atoms with Gasteiger partial charge in [0.05, 0.1) is 18.8 Å². The second kappa shape index (κ2) is 7.63. The molecule has 9 heteroatoms. The Labute approximate surface area is 153 Å². The Kier molecular flexibility index (Phi) is 5.62. The minimum atomic E-state index is -4.81. The maximum atomic E-state index is 13.1. The Morgan fingerprint density at radius 1 is 1.30 bits per heavy atom. The fourth-order valence-corrected chi connectivity index (χ4v) is 3.64. The van der Waals surface area contributed by atoms with Crippen LogP contribution in [0.2, 0.25) is 0 Å². The van der Waals surface area contributed by atoms with E-state index in [0.29, 0.717) is 25.9 Å². The molecule has 2 heterocycles. The molecular weight excluding hydrogens is 370 g/mol. The summed E-state index contributed by atoms with van der Waals surface area (Å²) in [6.07, 6.45) is -6.74. The summed E-state index contributed by atoms with van der Waals surface area (Å²) in [5.74, 6) is -0.188. The van der Waals surface area contributed by atoms with Crippen molar-refractivity contribution in [3.05, 3.63) is 35.6 Å². The number of carbonyl (C=O) groups excluding carboxylic acids is 1. The lowest BCUT2D eigenvalue weighted by molar-refractivity contribution is -0.215. The van der Waals surface area contributed by atoms with Crippen LogP contribution in [-0.2, 0) is 9.47 Å². The second-order valence-corrected chi connectivity index (χ2v) is 7.03. The highest BCUT2D eigenvalue weighted by atomic mass is 19.4. The number of ether oxygens (including phenoxy) is 2. The number of amides is 1. The van der Waals surface area contributed by atoms with Gasteiger partial charge >= 0.3 is 12.3 Å². The van der Waals surface area contributed by atoms with Gasteiger partial charge in [-0.3, -0.25) is 0 Å². The summed E-state index contributed by atoms with van der Waals surface area (Å²) in [6, 6.07) is 6.25. The first kappa shape index (κ1) is 19.9. The number of piperidine rings is 1. The molecule has 2 aliphatic rings. The third-order valence-corrected chi connectivity index (χ3v) is 5.26. The lowest BCUT2D eigenvalue weighted by Gasteiger charge is -2.38. The summed E-state index contributed by atoms with van der Waals surface area (Å²) in [4.78, 5) is 13.2. The van der Waals surface area contributed by atoms with E-state index < -0.39 is 30.6 Å². The van der Waals surface area contributed by atoms with Crippen molar-refractivity contribution in [3.63, 3.8) is 0 Å². The van der Waals surface area contributed by atoms with Crippen molar-refractivity contribution in [1.82, 2.24) is 4.90 Å². The first-order valence-electron chi connectivity index (χ1n) is 8.75. The molecule has 0 aromatic heterocycles. The van der Waals surface area contributed by atoms with E-state index in [-0.39, 0.29) is 24.8 Å². The molecule has 0 radical (unpaired) electrons. The zero-order valence-electron chi connectivity index (χ0n) is 14.5. The molecular formula is C18H21F4NO4. The third-order valence-electron chi connectivity index (χ3n) is 5.26. The van der Waals surface area contributed by atoms with E-state index in [9.17, 15) is 22.4 Å². The predicted octanol–water partition coefficient (Wildman–Crippen LogP) is 3.22. The number of aliphatic hydroxyl groups is 1. The Balaban J connectivity index is 1.54. The number of halogens is 4. The van der Waals surface area contributed by atoms with Crippen molar-refractivity contribution in [2.75, 3.05) is 26.3 Å².